The monoisotopic (exact) mass is 361 g/mol. The Bertz CT molecular complexity index is 788. The van der Waals surface area contributed by atoms with Crippen molar-refractivity contribution in [1.82, 2.24) is 15.2 Å². The lowest BCUT2D eigenvalue weighted by atomic mass is 10.1. The average molecular weight is 362 g/mol. The molecule has 132 valence electrons. The van der Waals surface area contributed by atoms with Gasteiger partial charge in [0.25, 0.3) is 5.91 Å². The van der Waals surface area contributed by atoms with Crippen LogP contribution in [-0.2, 0) is 9.59 Å². The maximum Gasteiger partial charge on any atom is 0.258 e. The predicted octanol–water partition coefficient (Wildman–Crippen LogP) is 2.39. The normalized spacial score (nSPS) is 15.2. The molecule has 0 aliphatic carbocycles. The minimum atomic E-state index is -0.180. The summed E-state index contributed by atoms with van der Waals surface area (Å²) in [6.45, 7) is 2.83. The molecular formula is C18H20ClN3O3. The van der Waals surface area contributed by atoms with E-state index in [1.807, 2.05) is 6.07 Å². The van der Waals surface area contributed by atoms with Crippen LogP contribution >= 0.6 is 11.6 Å². The Morgan fingerprint density at radius 2 is 2.08 bits per heavy atom. The molecule has 0 unspecified atom stereocenters. The van der Waals surface area contributed by atoms with Gasteiger partial charge in [-0.1, -0.05) is 11.6 Å². The molecule has 0 bridgehead atoms. The number of nitrogens with zero attached hydrogens (tertiary/aromatic N) is 2. The molecule has 6 nitrogen and oxygen atoms in total. The van der Waals surface area contributed by atoms with Gasteiger partial charge in [0.05, 0.1) is 5.02 Å². The van der Waals surface area contributed by atoms with Crippen LogP contribution in [0.5, 0.6) is 5.75 Å². The first-order valence-electron chi connectivity index (χ1n) is 8.25. The lowest BCUT2D eigenvalue weighted by Crippen LogP contribution is -2.47. The largest absolute Gasteiger partial charge is 0.481 e. The lowest BCUT2D eigenvalue weighted by molar-refractivity contribution is -0.130. The number of ether oxygens (including phenoxy) is 1. The van der Waals surface area contributed by atoms with Crippen molar-refractivity contribution < 1.29 is 14.3 Å². The van der Waals surface area contributed by atoms with Gasteiger partial charge in [-0.05, 0) is 37.1 Å². The molecule has 2 aromatic rings. The van der Waals surface area contributed by atoms with Crippen molar-refractivity contribution in [1.29, 1.82) is 0 Å². The van der Waals surface area contributed by atoms with Crippen molar-refractivity contribution in [2.24, 2.45) is 0 Å². The van der Waals surface area contributed by atoms with E-state index in [0.29, 0.717) is 29.4 Å². The fourth-order valence-corrected chi connectivity index (χ4v) is 3.20. The fraction of sp³-hybridized carbons (Fsp3) is 0.389. The minimum absolute atomic E-state index is 0.0757. The number of carbonyl (C=O) groups is 2. The SMILES string of the molecule is CC(=O)N1CCC(NC(=O)COc2ccc(Cl)c3cccnc23)CC1. The van der Waals surface area contributed by atoms with Crippen molar-refractivity contribution in [3.63, 3.8) is 0 Å². The van der Waals surface area contributed by atoms with E-state index in [-0.39, 0.29) is 24.5 Å². The Kier molecular flexibility index (Phi) is 5.38. The molecule has 1 aromatic heterocycles. The van der Waals surface area contributed by atoms with E-state index in [9.17, 15) is 9.59 Å². The van der Waals surface area contributed by atoms with Gasteiger partial charge in [0.15, 0.2) is 6.61 Å². The third-order valence-electron chi connectivity index (χ3n) is 4.34. The first kappa shape index (κ1) is 17.5. The average Bonchev–Trinajstić information content (AvgIpc) is 2.62. The summed E-state index contributed by atoms with van der Waals surface area (Å²) >= 11 is 6.15. The van der Waals surface area contributed by atoms with Gasteiger partial charge in [0.2, 0.25) is 5.91 Å². The second-order valence-electron chi connectivity index (χ2n) is 6.08. The van der Waals surface area contributed by atoms with Gasteiger partial charge in [0, 0.05) is 37.6 Å². The van der Waals surface area contributed by atoms with Crippen LogP contribution in [0.4, 0.5) is 0 Å². The predicted molar refractivity (Wildman–Crippen MR) is 95.7 cm³/mol. The van der Waals surface area contributed by atoms with Gasteiger partial charge >= 0.3 is 0 Å². The van der Waals surface area contributed by atoms with Crippen molar-refractivity contribution in [2.45, 2.75) is 25.8 Å². The minimum Gasteiger partial charge on any atom is -0.481 e. The molecule has 0 spiro atoms. The van der Waals surface area contributed by atoms with Gasteiger partial charge in [-0.15, -0.1) is 0 Å². The molecule has 0 saturated carbocycles. The molecule has 1 aromatic carbocycles. The molecule has 1 N–H and O–H groups in total. The van der Waals surface area contributed by atoms with E-state index in [0.717, 1.165) is 18.2 Å². The van der Waals surface area contributed by atoms with Gasteiger partial charge in [-0.3, -0.25) is 14.6 Å². The van der Waals surface area contributed by atoms with Crippen molar-refractivity contribution in [2.75, 3.05) is 19.7 Å². The molecule has 3 rings (SSSR count). The number of nitrogens with one attached hydrogen (secondary N) is 1. The van der Waals surface area contributed by atoms with Crippen LogP contribution in [0.2, 0.25) is 5.02 Å². The number of rotatable bonds is 4. The number of piperidine rings is 1. The molecular weight excluding hydrogens is 342 g/mol. The molecule has 1 aliphatic rings. The second-order valence-corrected chi connectivity index (χ2v) is 6.49. The number of hydrogen-bond acceptors (Lipinski definition) is 4. The van der Waals surface area contributed by atoms with Crippen LogP contribution in [-0.4, -0.2) is 47.4 Å². The maximum absolute atomic E-state index is 12.1. The van der Waals surface area contributed by atoms with Crippen LogP contribution in [0, 0.1) is 0 Å². The fourth-order valence-electron chi connectivity index (χ4n) is 2.98. The Morgan fingerprint density at radius 1 is 1.32 bits per heavy atom. The van der Waals surface area contributed by atoms with E-state index in [4.69, 9.17) is 16.3 Å². The zero-order valence-corrected chi connectivity index (χ0v) is 14.8. The quantitative estimate of drug-likeness (QED) is 0.907. The summed E-state index contributed by atoms with van der Waals surface area (Å²) in [5.74, 6) is 0.428. The number of pyridine rings is 1. The smallest absolute Gasteiger partial charge is 0.258 e. The summed E-state index contributed by atoms with van der Waals surface area (Å²) < 4.78 is 5.64. The van der Waals surface area contributed by atoms with Gasteiger partial charge in [-0.2, -0.15) is 0 Å². The van der Waals surface area contributed by atoms with Gasteiger partial charge in [-0.25, -0.2) is 0 Å². The number of amides is 2. The Morgan fingerprint density at radius 3 is 2.80 bits per heavy atom. The van der Waals surface area contributed by atoms with E-state index in [2.05, 4.69) is 10.3 Å². The summed E-state index contributed by atoms with van der Waals surface area (Å²) in [6.07, 6.45) is 3.18. The number of likely N-dealkylation sites (tertiary alicyclic amines) is 1. The summed E-state index contributed by atoms with van der Waals surface area (Å²) in [6, 6.07) is 7.19. The molecule has 2 heterocycles. The van der Waals surface area contributed by atoms with E-state index < -0.39 is 0 Å². The highest BCUT2D eigenvalue weighted by atomic mass is 35.5. The van der Waals surface area contributed by atoms with Crippen molar-refractivity contribution in [3.8, 4) is 5.75 Å². The molecule has 25 heavy (non-hydrogen) atoms. The van der Waals surface area contributed by atoms with E-state index in [1.54, 1.807) is 36.2 Å². The van der Waals surface area contributed by atoms with Gasteiger partial charge < -0.3 is 15.0 Å². The van der Waals surface area contributed by atoms with Gasteiger partial charge in [0.1, 0.15) is 11.3 Å². The van der Waals surface area contributed by atoms with Crippen LogP contribution in [0.25, 0.3) is 10.9 Å². The lowest BCUT2D eigenvalue weighted by Gasteiger charge is -2.31. The number of carbonyl (C=O) groups excluding carboxylic acids is 2. The zero-order chi connectivity index (χ0) is 17.8. The van der Waals surface area contributed by atoms with Crippen LogP contribution in [0.3, 0.4) is 0 Å². The Hall–Kier alpha value is -2.34. The Balaban J connectivity index is 1.55. The van der Waals surface area contributed by atoms with Crippen LogP contribution in [0.1, 0.15) is 19.8 Å². The molecule has 0 radical (unpaired) electrons. The molecule has 1 fully saturated rings. The van der Waals surface area contributed by atoms with Crippen LogP contribution in [0.15, 0.2) is 30.5 Å². The number of hydrogen-bond donors (Lipinski definition) is 1. The van der Waals surface area contributed by atoms with E-state index in [1.165, 1.54) is 0 Å². The number of aromatic nitrogens is 1. The topological polar surface area (TPSA) is 71.5 Å². The highest BCUT2D eigenvalue weighted by Crippen LogP contribution is 2.29. The summed E-state index contributed by atoms with van der Waals surface area (Å²) in [4.78, 5) is 29.5. The number of halogens is 1. The molecule has 0 atom stereocenters. The van der Waals surface area contributed by atoms with Crippen molar-refractivity contribution in [3.05, 3.63) is 35.5 Å². The Labute approximate surface area is 151 Å². The number of benzene rings is 1. The van der Waals surface area contributed by atoms with Crippen molar-refractivity contribution >= 4 is 34.3 Å². The summed E-state index contributed by atoms with van der Waals surface area (Å²) in [5.41, 5.74) is 0.637. The molecule has 7 heteroatoms. The molecule has 1 aliphatic heterocycles. The highest BCUT2D eigenvalue weighted by Gasteiger charge is 2.22. The second kappa shape index (κ2) is 7.70. The highest BCUT2D eigenvalue weighted by molar-refractivity contribution is 6.35. The van der Waals surface area contributed by atoms with Crippen LogP contribution < -0.4 is 10.1 Å². The summed E-state index contributed by atoms with van der Waals surface area (Å²) in [5, 5.41) is 4.34. The standard InChI is InChI=1S/C18H20ClN3O3/c1-12(23)22-9-6-13(7-10-22)21-17(24)11-25-16-5-4-15(19)14-3-2-8-20-18(14)16/h2-5,8,13H,6-7,9-11H2,1H3,(H,21,24). The third-order valence-corrected chi connectivity index (χ3v) is 4.67. The number of fused-ring (bicyclic) bond motifs is 1. The molecule has 1 saturated heterocycles. The summed E-state index contributed by atoms with van der Waals surface area (Å²) in [7, 11) is 0. The maximum atomic E-state index is 12.1. The molecule has 2 amide bonds. The third kappa shape index (κ3) is 4.20. The zero-order valence-electron chi connectivity index (χ0n) is 14.0. The first-order chi connectivity index (χ1) is 12.0. The first-order valence-corrected chi connectivity index (χ1v) is 8.63. The van der Waals surface area contributed by atoms with E-state index >= 15 is 0 Å².